The largest absolute Gasteiger partial charge is 0.496 e. The third kappa shape index (κ3) is 4.53. The van der Waals surface area contributed by atoms with Gasteiger partial charge in [0.2, 0.25) is 0 Å². The Hall–Kier alpha value is -2.63. The molecule has 1 aromatic heterocycles. The van der Waals surface area contributed by atoms with Gasteiger partial charge in [-0.2, -0.15) is 13.2 Å². The Morgan fingerprint density at radius 3 is 2.74 bits per heavy atom. The Labute approximate surface area is 190 Å². The van der Waals surface area contributed by atoms with E-state index in [0.717, 1.165) is 14.0 Å². The van der Waals surface area contributed by atoms with Crippen LogP contribution in [0.5, 0.6) is 5.75 Å². The summed E-state index contributed by atoms with van der Waals surface area (Å²) in [4.78, 5) is 14.0. The van der Waals surface area contributed by atoms with Gasteiger partial charge in [0.15, 0.2) is 0 Å². The van der Waals surface area contributed by atoms with Gasteiger partial charge in [-0.1, -0.05) is 29.5 Å². The average molecular weight is 542 g/mol. The minimum Gasteiger partial charge on any atom is -0.496 e. The van der Waals surface area contributed by atoms with Crippen molar-refractivity contribution < 1.29 is 22.7 Å². The molecule has 2 heterocycles. The molecule has 0 saturated carbocycles. The number of aryl methyl sites for hydroxylation is 1. The molecule has 1 aliphatic rings. The van der Waals surface area contributed by atoms with E-state index in [4.69, 9.17) is 4.74 Å². The summed E-state index contributed by atoms with van der Waals surface area (Å²) >= 11 is 2.15. The summed E-state index contributed by atoms with van der Waals surface area (Å²) in [6.07, 6.45) is -2.16. The van der Waals surface area contributed by atoms with Crippen LogP contribution in [0.4, 0.5) is 18.9 Å². The quantitative estimate of drug-likeness (QED) is 0.451. The molecule has 4 rings (SSSR count). The van der Waals surface area contributed by atoms with Crippen molar-refractivity contribution in [2.45, 2.75) is 25.1 Å². The molecule has 1 unspecified atom stereocenters. The summed E-state index contributed by atoms with van der Waals surface area (Å²) in [5, 5.41) is 8.22. The highest BCUT2D eigenvalue weighted by Crippen LogP contribution is 2.34. The number of ether oxygens (including phenoxy) is 1. The fourth-order valence-corrected chi connectivity index (χ4v) is 4.22. The van der Waals surface area contributed by atoms with E-state index in [-0.39, 0.29) is 5.69 Å². The first kappa shape index (κ1) is 21.6. The van der Waals surface area contributed by atoms with Gasteiger partial charge in [-0.15, -0.1) is 5.10 Å². The van der Waals surface area contributed by atoms with Crippen LogP contribution in [0, 0.1) is 3.57 Å². The minimum absolute atomic E-state index is 0.287. The summed E-state index contributed by atoms with van der Waals surface area (Å²) < 4.78 is 47.4. The number of carbonyl (C=O) groups is 1. The molecule has 1 aliphatic heterocycles. The Bertz CT molecular complexity index is 1120. The summed E-state index contributed by atoms with van der Waals surface area (Å²) in [7, 11) is 1.56. The van der Waals surface area contributed by atoms with Crippen molar-refractivity contribution in [3.63, 3.8) is 0 Å². The predicted octanol–water partition coefficient (Wildman–Crippen LogP) is 4.64. The van der Waals surface area contributed by atoms with Crippen LogP contribution in [-0.2, 0) is 11.2 Å². The van der Waals surface area contributed by atoms with Crippen molar-refractivity contribution in [2.75, 3.05) is 18.6 Å². The average Bonchev–Trinajstić information content (AvgIpc) is 3.17. The van der Waals surface area contributed by atoms with E-state index in [9.17, 15) is 18.0 Å². The highest BCUT2D eigenvalue weighted by Gasteiger charge is 2.39. The molecule has 162 valence electrons. The fraction of sp³-hybridized carbons (Fsp3) is 0.286. The van der Waals surface area contributed by atoms with Crippen molar-refractivity contribution in [3.8, 4) is 17.0 Å². The number of amides is 1. The molecule has 0 aliphatic carbocycles. The minimum atomic E-state index is -4.52. The lowest BCUT2D eigenvalue weighted by Crippen LogP contribution is -2.42. The van der Waals surface area contributed by atoms with Gasteiger partial charge < -0.3 is 9.64 Å². The first-order chi connectivity index (χ1) is 14.8. The number of aromatic nitrogens is 3. The number of benzene rings is 2. The molecule has 3 aromatic rings. The van der Waals surface area contributed by atoms with Crippen molar-refractivity contribution in [3.05, 3.63) is 57.8 Å². The number of methoxy groups -OCH3 is 1. The second-order valence-electron chi connectivity index (χ2n) is 7.16. The van der Waals surface area contributed by atoms with E-state index in [0.29, 0.717) is 29.8 Å². The summed E-state index contributed by atoms with van der Waals surface area (Å²) in [5.41, 5.74) is 2.23. The van der Waals surface area contributed by atoms with Gasteiger partial charge in [-0.25, -0.2) is 4.68 Å². The first-order valence-corrected chi connectivity index (χ1v) is 10.6. The van der Waals surface area contributed by atoms with Crippen LogP contribution in [0.25, 0.3) is 11.3 Å². The van der Waals surface area contributed by atoms with Gasteiger partial charge in [0.1, 0.15) is 24.0 Å². The third-order valence-electron chi connectivity index (χ3n) is 5.13. The van der Waals surface area contributed by atoms with Crippen LogP contribution in [-0.4, -0.2) is 40.7 Å². The maximum absolute atomic E-state index is 13.3. The number of nitrogens with zero attached hydrogens (tertiary/aromatic N) is 4. The van der Waals surface area contributed by atoms with Gasteiger partial charge in [0.25, 0.3) is 5.91 Å². The number of halogens is 4. The normalized spacial score (nSPS) is 16.7. The lowest BCUT2D eigenvalue weighted by atomic mass is 10.1. The zero-order valence-corrected chi connectivity index (χ0v) is 18.6. The molecule has 0 spiro atoms. The van der Waals surface area contributed by atoms with Crippen LogP contribution >= 0.6 is 22.6 Å². The number of hydrogen-bond donors (Lipinski definition) is 0. The van der Waals surface area contributed by atoms with Gasteiger partial charge >= 0.3 is 6.18 Å². The zero-order valence-electron chi connectivity index (χ0n) is 16.4. The smallest absolute Gasteiger partial charge is 0.406 e. The van der Waals surface area contributed by atoms with Crippen molar-refractivity contribution in [2.24, 2.45) is 0 Å². The molecule has 1 amide bonds. The molecule has 6 nitrogen and oxygen atoms in total. The molecule has 0 N–H and O–H groups in total. The Morgan fingerprint density at radius 1 is 1.23 bits per heavy atom. The number of carbonyl (C=O) groups excluding carboxylic acids is 1. The highest BCUT2D eigenvalue weighted by molar-refractivity contribution is 14.1. The fourth-order valence-electron chi connectivity index (χ4n) is 3.67. The number of anilines is 1. The van der Waals surface area contributed by atoms with Crippen molar-refractivity contribution in [1.29, 1.82) is 0 Å². The Balaban J connectivity index is 1.68. The summed E-state index contributed by atoms with van der Waals surface area (Å²) in [5.74, 6) is 0.0175. The van der Waals surface area contributed by atoms with Crippen LogP contribution in [0.15, 0.2) is 48.7 Å². The van der Waals surface area contributed by atoms with E-state index in [1.165, 1.54) is 4.68 Å². The highest BCUT2D eigenvalue weighted by atomic mass is 127. The molecule has 0 fully saturated rings. The SMILES string of the molecule is COc1cc(-c2cn(C3CCc4ccccc4N(CC(F)(F)F)C3=O)nn2)ccc1I. The summed E-state index contributed by atoms with van der Waals surface area (Å²) in [6, 6.07) is 11.3. The Kier molecular flexibility index (Phi) is 5.91. The number of rotatable bonds is 4. The van der Waals surface area contributed by atoms with E-state index in [1.807, 2.05) is 12.1 Å². The maximum atomic E-state index is 13.3. The maximum Gasteiger partial charge on any atom is 0.406 e. The Morgan fingerprint density at radius 2 is 2.00 bits per heavy atom. The zero-order chi connectivity index (χ0) is 22.2. The van der Waals surface area contributed by atoms with E-state index in [2.05, 4.69) is 32.9 Å². The molecule has 0 bridgehead atoms. The molecular weight excluding hydrogens is 524 g/mol. The van der Waals surface area contributed by atoms with Gasteiger partial charge in [-0.3, -0.25) is 4.79 Å². The topological polar surface area (TPSA) is 60.2 Å². The number of hydrogen-bond acceptors (Lipinski definition) is 4. The molecule has 10 heteroatoms. The first-order valence-electron chi connectivity index (χ1n) is 9.48. The van der Waals surface area contributed by atoms with E-state index >= 15 is 0 Å². The van der Waals surface area contributed by atoms with Crippen molar-refractivity contribution in [1.82, 2.24) is 15.0 Å². The van der Waals surface area contributed by atoms with Gasteiger partial charge in [0, 0.05) is 11.3 Å². The van der Waals surface area contributed by atoms with Gasteiger partial charge in [-0.05, 0) is 59.2 Å². The molecule has 31 heavy (non-hydrogen) atoms. The standard InChI is InChI=1S/C21H18F3IN4O2/c1-31-19-10-14(6-8-15(19)25)16-11-29(27-26-16)18-9-7-13-4-2-3-5-17(13)28(20(18)30)12-21(22,23)24/h2-6,8,10-11,18H,7,9,12H2,1H3. The second-order valence-corrected chi connectivity index (χ2v) is 8.32. The predicted molar refractivity (Wildman–Crippen MR) is 117 cm³/mol. The molecule has 1 atom stereocenters. The number of para-hydroxylation sites is 1. The number of alkyl halides is 3. The van der Waals surface area contributed by atoms with Crippen molar-refractivity contribution >= 4 is 34.2 Å². The molecular formula is C21H18F3IN4O2. The lowest BCUT2D eigenvalue weighted by Gasteiger charge is -2.26. The molecule has 0 saturated heterocycles. The molecule has 0 radical (unpaired) electrons. The van der Waals surface area contributed by atoms with Gasteiger partial charge in [0.05, 0.1) is 16.9 Å². The van der Waals surface area contributed by atoms with Crippen LogP contribution in [0.2, 0.25) is 0 Å². The number of fused-ring (bicyclic) bond motifs is 1. The summed E-state index contributed by atoms with van der Waals surface area (Å²) in [6.45, 7) is -1.35. The second kappa shape index (κ2) is 8.48. The third-order valence-corrected chi connectivity index (χ3v) is 6.03. The molecule has 2 aromatic carbocycles. The van der Waals surface area contributed by atoms with Crippen LogP contribution in [0.3, 0.4) is 0 Å². The monoisotopic (exact) mass is 542 g/mol. The van der Waals surface area contributed by atoms with E-state index < -0.39 is 24.7 Å². The lowest BCUT2D eigenvalue weighted by molar-refractivity contribution is -0.134. The van der Waals surface area contributed by atoms with Crippen LogP contribution < -0.4 is 9.64 Å². The van der Waals surface area contributed by atoms with Crippen LogP contribution in [0.1, 0.15) is 18.0 Å². The van der Waals surface area contributed by atoms with E-state index in [1.54, 1.807) is 43.6 Å².